The van der Waals surface area contributed by atoms with Gasteiger partial charge in [0.2, 0.25) is 0 Å². The van der Waals surface area contributed by atoms with Crippen LogP contribution in [-0.2, 0) is 6.54 Å². The minimum absolute atomic E-state index is 0.599. The smallest absolute Gasteiger partial charge is 0.183 e. The van der Waals surface area contributed by atoms with E-state index in [9.17, 15) is 0 Å². The van der Waals surface area contributed by atoms with Crippen molar-refractivity contribution in [3.8, 4) is 0 Å². The van der Waals surface area contributed by atoms with Gasteiger partial charge in [-0.05, 0) is 63.6 Å². The van der Waals surface area contributed by atoms with E-state index < -0.39 is 0 Å². The van der Waals surface area contributed by atoms with E-state index in [2.05, 4.69) is 44.1 Å². The van der Waals surface area contributed by atoms with E-state index in [1.807, 2.05) is 6.07 Å². The normalized spacial score (nSPS) is 18.9. The summed E-state index contributed by atoms with van der Waals surface area (Å²) >= 11 is 6.74. The van der Waals surface area contributed by atoms with Crippen LogP contribution < -0.4 is 5.32 Å². The first-order valence-electron chi connectivity index (χ1n) is 5.34. The lowest BCUT2D eigenvalue weighted by Crippen LogP contribution is -2.36. The lowest BCUT2D eigenvalue weighted by Gasteiger charge is -2.31. The number of halogens is 2. The van der Waals surface area contributed by atoms with Crippen molar-refractivity contribution in [3.63, 3.8) is 0 Å². The standard InChI is InChI=1S/C11H15Br2NO/c1-7(8-3-2-4-8)14-6-9-5-10(12)11(13)15-9/h5,7-8,14H,2-4,6H2,1H3. The predicted molar refractivity (Wildman–Crippen MR) is 67.8 cm³/mol. The molecule has 1 aliphatic rings. The zero-order valence-electron chi connectivity index (χ0n) is 8.72. The van der Waals surface area contributed by atoms with Crippen LogP contribution in [0.3, 0.4) is 0 Å². The monoisotopic (exact) mass is 335 g/mol. The molecular formula is C11H15Br2NO. The van der Waals surface area contributed by atoms with Crippen molar-refractivity contribution in [1.82, 2.24) is 5.32 Å². The lowest BCUT2D eigenvalue weighted by molar-refractivity contribution is 0.236. The fourth-order valence-corrected chi connectivity index (χ4v) is 2.51. The Morgan fingerprint density at radius 1 is 1.53 bits per heavy atom. The van der Waals surface area contributed by atoms with Gasteiger partial charge in [0, 0.05) is 6.04 Å². The number of furan rings is 1. The molecule has 4 heteroatoms. The third kappa shape index (κ3) is 2.86. The first kappa shape index (κ1) is 11.7. The molecule has 0 aromatic carbocycles. The minimum atomic E-state index is 0.599. The van der Waals surface area contributed by atoms with Gasteiger partial charge in [-0.15, -0.1) is 0 Å². The second-order valence-corrected chi connectivity index (χ2v) is 5.77. The van der Waals surface area contributed by atoms with E-state index >= 15 is 0 Å². The summed E-state index contributed by atoms with van der Waals surface area (Å²) in [7, 11) is 0. The van der Waals surface area contributed by atoms with Gasteiger partial charge in [0.05, 0.1) is 11.0 Å². The molecule has 0 saturated heterocycles. The highest BCUT2D eigenvalue weighted by atomic mass is 79.9. The Morgan fingerprint density at radius 3 is 2.73 bits per heavy atom. The van der Waals surface area contributed by atoms with Gasteiger partial charge in [0.15, 0.2) is 4.67 Å². The Labute approximate surface area is 107 Å². The Bertz CT molecular complexity index is 314. The van der Waals surface area contributed by atoms with Crippen LogP contribution in [0.15, 0.2) is 19.6 Å². The van der Waals surface area contributed by atoms with E-state index in [4.69, 9.17) is 4.42 Å². The molecule has 1 aromatic heterocycles. The first-order chi connectivity index (χ1) is 7.16. The summed E-state index contributed by atoms with van der Waals surface area (Å²) in [5, 5.41) is 3.51. The van der Waals surface area contributed by atoms with Crippen molar-refractivity contribution in [2.45, 2.75) is 38.8 Å². The highest BCUT2D eigenvalue weighted by Gasteiger charge is 2.23. The Morgan fingerprint density at radius 2 is 2.27 bits per heavy atom. The molecule has 1 fully saturated rings. The highest BCUT2D eigenvalue weighted by Crippen LogP contribution is 2.30. The average molecular weight is 337 g/mol. The third-order valence-electron chi connectivity index (χ3n) is 3.15. The van der Waals surface area contributed by atoms with Crippen LogP contribution in [0.5, 0.6) is 0 Å². The zero-order valence-corrected chi connectivity index (χ0v) is 11.9. The van der Waals surface area contributed by atoms with Crippen molar-refractivity contribution < 1.29 is 4.42 Å². The second kappa shape index (κ2) is 5.02. The summed E-state index contributed by atoms with van der Waals surface area (Å²) in [5.74, 6) is 1.84. The molecular weight excluding hydrogens is 322 g/mol. The summed E-state index contributed by atoms with van der Waals surface area (Å²) in [5.41, 5.74) is 0. The molecule has 1 N–H and O–H groups in total. The summed E-state index contributed by atoms with van der Waals surface area (Å²) in [6.45, 7) is 3.07. The molecule has 0 aliphatic heterocycles. The topological polar surface area (TPSA) is 25.2 Å². The van der Waals surface area contributed by atoms with E-state index in [-0.39, 0.29) is 0 Å². The molecule has 1 aliphatic carbocycles. The molecule has 1 aromatic rings. The quantitative estimate of drug-likeness (QED) is 0.896. The number of nitrogens with one attached hydrogen (secondary N) is 1. The first-order valence-corrected chi connectivity index (χ1v) is 6.92. The van der Waals surface area contributed by atoms with Crippen LogP contribution in [0.1, 0.15) is 31.9 Å². The second-order valence-electron chi connectivity index (χ2n) is 4.19. The van der Waals surface area contributed by atoms with Crippen LogP contribution >= 0.6 is 31.9 Å². The van der Waals surface area contributed by atoms with Crippen LogP contribution in [0.25, 0.3) is 0 Å². The summed E-state index contributed by atoms with van der Waals surface area (Å²) in [6.07, 6.45) is 4.15. The molecule has 0 bridgehead atoms. The fourth-order valence-electron chi connectivity index (χ4n) is 1.85. The maximum absolute atomic E-state index is 5.50. The van der Waals surface area contributed by atoms with Gasteiger partial charge < -0.3 is 9.73 Å². The van der Waals surface area contributed by atoms with Gasteiger partial charge in [-0.3, -0.25) is 0 Å². The molecule has 1 atom stereocenters. The predicted octanol–water partition coefficient (Wildman–Crippen LogP) is 4.08. The Kier molecular flexibility index (Phi) is 3.91. The summed E-state index contributed by atoms with van der Waals surface area (Å²) in [6, 6.07) is 2.60. The molecule has 0 spiro atoms. The number of hydrogen-bond donors (Lipinski definition) is 1. The van der Waals surface area contributed by atoms with Gasteiger partial charge in [-0.2, -0.15) is 0 Å². The van der Waals surface area contributed by atoms with Crippen LogP contribution in [0.2, 0.25) is 0 Å². The van der Waals surface area contributed by atoms with Gasteiger partial charge in [-0.25, -0.2) is 0 Å². The molecule has 1 unspecified atom stereocenters. The maximum Gasteiger partial charge on any atom is 0.183 e. The molecule has 2 nitrogen and oxygen atoms in total. The molecule has 0 amide bonds. The van der Waals surface area contributed by atoms with Crippen LogP contribution in [0.4, 0.5) is 0 Å². The molecule has 2 rings (SSSR count). The van der Waals surface area contributed by atoms with Crippen LogP contribution in [-0.4, -0.2) is 6.04 Å². The SMILES string of the molecule is CC(NCc1cc(Br)c(Br)o1)C1CCC1. The largest absolute Gasteiger partial charge is 0.452 e. The molecule has 15 heavy (non-hydrogen) atoms. The van der Waals surface area contributed by atoms with E-state index in [1.54, 1.807) is 0 Å². The van der Waals surface area contributed by atoms with Crippen molar-refractivity contribution in [2.75, 3.05) is 0 Å². The van der Waals surface area contributed by atoms with Gasteiger partial charge in [-0.1, -0.05) is 6.42 Å². The van der Waals surface area contributed by atoms with E-state index in [0.29, 0.717) is 6.04 Å². The van der Waals surface area contributed by atoms with Gasteiger partial charge in [0.1, 0.15) is 5.76 Å². The summed E-state index contributed by atoms with van der Waals surface area (Å²) < 4.78 is 7.26. The Hall–Kier alpha value is 0.200. The van der Waals surface area contributed by atoms with E-state index in [1.165, 1.54) is 19.3 Å². The number of rotatable bonds is 4. The van der Waals surface area contributed by atoms with Crippen molar-refractivity contribution in [3.05, 3.63) is 21.0 Å². The molecule has 84 valence electrons. The zero-order chi connectivity index (χ0) is 10.8. The maximum atomic E-state index is 5.50. The summed E-state index contributed by atoms with van der Waals surface area (Å²) in [4.78, 5) is 0. The van der Waals surface area contributed by atoms with Gasteiger partial charge >= 0.3 is 0 Å². The lowest BCUT2D eigenvalue weighted by atomic mass is 9.80. The average Bonchev–Trinajstić information content (AvgIpc) is 2.40. The molecule has 0 radical (unpaired) electrons. The fraction of sp³-hybridized carbons (Fsp3) is 0.636. The highest BCUT2D eigenvalue weighted by molar-refractivity contribution is 9.13. The number of hydrogen-bond acceptors (Lipinski definition) is 2. The van der Waals surface area contributed by atoms with Crippen molar-refractivity contribution in [1.29, 1.82) is 0 Å². The Balaban J connectivity index is 1.81. The molecule has 1 heterocycles. The third-order valence-corrected chi connectivity index (χ3v) is 4.86. The van der Waals surface area contributed by atoms with Crippen LogP contribution in [0, 0.1) is 5.92 Å². The van der Waals surface area contributed by atoms with Gasteiger partial charge in [0.25, 0.3) is 0 Å². The van der Waals surface area contributed by atoms with E-state index in [0.717, 1.165) is 27.4 Å². The minimum Gasteiger partial charge on any atom is -0.452 e. The van der Waals surface area contributed by atoms with Crippen molar-refractivity contribution in [2.24, 2.45) is 5.92 Å². The van der Waals surface area contributed by atoms with Crippen molar-refractivity contribution >= 4 is 31.9 Å². The molecule has 1 saturated carbocycles.